The number of carboxylic acids is 1. The quantitative estimate of drug-likeness (QED) is 0.100. The van der Waals surface area contributed by atoms with Crippen molar-refractivity contribution in [1.82, 2.24) is 19.3 Å². The van der Waals surface area contributed by atoms with Gasteiger partial charge in [-0.25, -0.2) is 9.78 Å². The fourth-order valence-electron chi connectivity index (χ4n) is 4.88. The van der Waals surface area contributed by atoms with Gasteiger partial charge in [-0.3, -0.25) is 29.7 Å². The summed E-state index contributed by atoms with van der Waals surface area (Å²) in [6, 6.07) is 7.54. The zero-order chi connectivity index (χ0) is 31.4. The highest BCUT2D eigenvalue weighted by molar-refractivity contribution is 6.03. The number of carbonyl (C=O) groups excluding carboxylic acids is 2. The molecule has 0 aliphatic carbocycles. The summed E-state index contributed by atoms with van der Waals surface area (Å²) >= 11 is 0. The molecule has 4 aromatic rings. The van der Waals surface area contributed by atoms with E-state index in [-0.39, 0.29) is 34.1 Å². The standard InChI is InChI=1S/C28H32N8O7/c1-5-35-22(12-15(2)33-35)26(38)32-28-31-19-13-17(25(29)37)8-9-20(19)34(28)11-7-6-10-30-23-21(36(41)42)14-18(27(39)40)16(3)24(23)43-4/h8-9,12-14,30H,5-7,10-11H2,1-4H3,(H2,29,37)(H,39,40)(H,31,32,38). The molecule has 226 valence electrons. The second-order valence-electron chi connectivity index (χ2n) is 9.77. The van der Waals surface area contributed by atoms with Gasteiger partial charge < -0.3 is 25.5 Å². The van der Waals surface area contributed by atoms with Gasteiger partial charge in [0.1, 0.15) is 5.69 Å². The van der Waals surface area contributed by atoms with Crippen molar-refractivity contribution in [1.29, 1.82) is 0 Å². The Balaban J connectivity index is 1.55. The first kappa shape index (κ1) is 30.5. The van der Waals surface area contributed by atoms with Gasteiger partial charge in [-0.2, -0.15) is 5.10 Å². The van der Waals surface area contributed by atoms with Gasteiger partial charge in [0, 0.05) is 36.8 Å². The maximum atomic E-state index is 13.2. The third-order valence-electron chi connectivity index (χ3n) is 6.94. The summed E-state index contributed by atoms with van der Waals surface area (Å²) in [6.07, 6.45) is 1.10. The van der Waals surface area contributed by atoms with Crippen molar-refractivity contribution in [2.45, 2.75) is 46.7 Å². The Hall–Kier alpha value is -5.47. The molecule has 43 heavy (non-hydrogen) atoms. The number of methoxy groups -OCH3 is 1. The predicted molar refractivity (Wildman–Crippen MR) is 158 cm³/mol. The van der Waals surface area contributed by atoms with Crippen molar-refractivity contribution in [3.63, 3.8) is 0 Å². The summed E-state index contributed by atoms with van der Waals surface area (Å²) in [5, 5.41) is 31.4. The molecule has 0 saturated carbocycles. The number of anilines is 2. The molecular formula is C28H32N8O7. The van der Waals surface area contributed by atoms with Crippen molar-refractivity contribution < 1.29 is 29.2 Å². The number of imidazole rings is 1. The molecule has 2 aromatic heterocycles. The van der Waals surface area contributed by atoms with Crippen LogP contribution in [0.1, 0.15) is 62.2 Å². The molecule has 2 aromatic carbocycles. The molecule has 15 nitrogen and oxygen atoms in total. The Morgan fingerprint density at radius 2 is 1.91 bits per heavy atom. The second kappa shape index (κ2) is 12.6. The fourth-order valence-corrected chi connectivity index (χ4v) is 4.88. The molecule has 0 aliphatic rings. The number of primary amides is 1. The van der Waals surface area contributed by atoms with E-state index in [0.29, 0.717) is 54.9 Å². The minimum atomic E-state index is -1.29. The lowest BCUT2D eigenvalue weighted by Gasteiger charge is -2.16. The molecule has 0 saturated heterocycles. The van der Waals surface area contributed by atoms with Gasteiger partial charge >= 0.3 is 5.97 Å². The van der Waals surface area contributed by atoms with E-state index in [2.05, 4.69) is 20.7 Å². The minimum Gasteiger partial charge on any atom is -0.494 e. The first-order valence-electron chi connectivity index (χ1n) is 13.5. The van der Waals surface area contributed by atoms with Crippen molar-refractivity contribution >= 4 is 46.1 Å². The summed E-state index contributed by atoms with van der Waals surface area (Å²) in [7, 11) is 1.32. The van der Waals surface area contributed by atoms with Crippen LogP contribution in [0.4, 0.5) is 17.3 Å². The number of aromatic nitrogens is 4. The number of carboxylic acid groups (broad SMARTS) is 1. The predicted octanol–water partition coefficient (Wildman–Crippen LogP) is 3.73. The third-order valence-corrected chi connectivity index (χ3v) is 6.94. The van der Waals surface area contributed by atoms with Crippen LogP contribution in [-0.2, 0) is 13.1 Å². The largest absolute Gasteiger partial charge is 0.494 e. The zero-order valence-electron chi connectivity index (χ0n) is 24.1. The first-order chi connectivity index (χ1) is 20.5. The number of aromatic carboxylic acids is 1. The highest BCUT2D eigenvalue weighted by atomic mass is 16.6. The zero-order valence-corrected chi connectivity index (χ0v) is 24.1. The molecule has 2 heterocycles. The van der Waals surface area contributed by atoms with Crippen LogP contribution in [0.2, 0.25) is 0 Å². The SMILES string of the molecule is CCn1nc(C)cc1C(=O)Nc1nc2cc(C(N)=O)ccc2n1CCCCNc1c([N+](=O)[O-])cc(C(=O)O)c(C)c1OC. The third kappa shape index (κ3) is 6.24. The number of nitrogens with zero attached hydrogens (tertiary/aromatic N) is 5. The van der Waals surface area contributed by atoms with Crippen LogP contribution in [0.15, 0.2) is 30.3 Å². The van der Waals surface area contributed by atoms with E-state index in [1.54, 1.807) is 35.9 Å². The summed E-state index contributed by atoms with van der Waals surface area (Å²) in [4.78, 5) is 52.1. The first-order valence-corrected chi connectivity index (χ1v) is 13.5. The number of nitrogens with one attached hydrogen (secondary N) is 2. The normalized spacial score (nSPS) is 11.0. The molecule has 4 rings (SSSR count). The fraction of sp³-hybridized carbons (Fsp3) is 0.321. The number of nitro groups is 1. The molecule has 0 aliphatic heterocycles. The van der Waals surface area contributed by atoms with Gasteiger partial charge in [-0.15, -0.1) is 0 Å². The lowest BCUT2D eigenvalue weighted by Crippen LogP contribution is -2.20. The highest BCUT2D eigenvalue weighted by Crippen LogP contribution is 2.39. The monoisotopic (exact) mass is 592 g/mol. The molecular weight excluding hydrogens is 560 g/mol. The second-order valence-corrected chi connectivity index (χ2v) is 9.77. The molecule has 0 radical (unpaired) electrons. The number of nitrogens with two attached hydrogens (primary N) is 1. The average Bonchev–Trinajstić information content (AvgIpc) is 3.51. The van der Waals surface area contributed by atoms with Crippen molar-refractivity contribution in [2.24, 2.45) is 5.73 Å². The van der Waals surface area contributed by atoms with Crippen LogP contribution < -0.4 is 21.1 Å². The number of nitro benzene ring substituents is 1. The van der Waals surface area contributed by atoms with Crippen LogP contribution in [0.5, 0.6) is 5.75 Å². The molecule has 0 spiro atoms. The molecule has 2 amide bonds. The Bertz CT molecular complexity index is 1740. The van der Waals surface area contributed by atoms with Crippen LogP contribution in [-0.4, -0.2) is 60.8 Å². The topological polar surface area (TPSA) is 210 Å². The van der Waals surface area contributed by atoms with Gasteiger partial charge in [-0.05, 0) is 57.9 Å². The van der Waals surface area contributed by atoms with Crippen LogP contribution in [0.3, 0.4) is 0 Å². The van der Waals surface area contributed by atoms with Crippen LogP contribution in [0.25, 0.3) is 11.0 Å². The maximum absolute atomic E-state index is 13.2. The Labute approximate surface area is 245 Å². The Kier molecular flexibility index (Phi) is 8.92. The van der Waals surface area contributed by atoms with E-state index >= 15 is 0 Å². The Morgan fingerprint density at radius 1 is 1.16 bits per heavy atom. The average molecular weight is 593 g/mol. The van der Waals surface area contributed by atoms with Gasteiger partial charge in [0.15, 0.2) is 11.4 Å². The number of fused-ring (bicyclic) bond motifs is 1. The van der Waals surface area contributed by atoms with E-state index in [1.807, 2.05) is 11.5 Å². The number of rotatable bonds is 13. The van der Waals surface area contributed by atoms with Crippen LogP contribution >= 0.6 is 0 Å². The molecule has 0 fully saturated rings. The smallest absolute Gasteiger partial charge is 0.336 e. The lowest BCUT2D eigenvalue weighted by molar-refractivity contribution is -0.384. The van der Waals surface area contributed by atoms with E-state index in [4.69, 9.17) is 10.5 Å². The number of hydrogen-bond donors (Lipinski definition) is 4. The number of aryl methyl sites for hydroxylation is 3. The van der Waals surface area contributed by atoms with E-state index in [0.717, 1.165) is 6.07 Å². The number of benzene rings is 2. The van der Waals surface area contributed by atoms with Crippen LogP contribution in [0, 0.1) is 24.0 Å². The number of hydrogen-bond acceptors (Lipinski definition) is 9. The molecule has 0 atom stereocenters. The lowest BCUT2D eigenvalue weighted by atomic mass is 10.0. The van der Waals surface area contributed by atoms with E-state index in [1.165, 1.54) is 14.0 Å². The van der Waals surface area contributed by atoms with Crippen molar-refractivity contribution in [2.75, 3.05) is 24.3 Å². The van der Waals surface area contributed by atoms with E-state index < -0.39 is 28.4 Å². The molecule has 5 N–H and O–H groups in total. The van der Waals surface area contributed by atoms with Gasteiger partial charge in [0.2, 0.25) is 11.9 Å². The maximum Gasteiger partial charge on any atom is 0.336 e. The highest BCUT2D eigenvalue weighted by Gasteiger charge is 2.26. The van der Waals surface area contributed by atoms with Crippen molar-refractivity contribution in [3.05, 3.63) is 68.5 Å². The molecule has 0 bridgehead atoms. The van der Waals surface area contributed by atoms with E-state index in [9.17, 15) is 29.6 Å². The summed E-state index contributed by atoms with van der Waals surface area (Å²) in [5.74, 6) is -1.93. The Morgan fingerprint density at radius 3 is 2.53 bits per heavy atom. The van der Waals surface area contributed by atoms with Gasteiger partial charge in [-0.1, -0.05) is 0 Å². The number of unbranched alkanes of at least 4 members (excludes halogenated alkanes) is 1. The summed E-state index contributed by atoms with van der Waals surface area (Å²) in [6.45, 7) is 6.41. The van der Waals surface area contributed by atoms with Gasteiger partial charge in [0.05, 0.1) is 34.3 Å². The summed E-state index contributed by atoms with van der Waals surface area (Å²) < 4.78 is 8.74. The van der Waals surface area contributed by atoms with Gasteiger partial charge in [0.25, 0.3) is 11.6 Å². The number of amides is 2. The minimum absolute atomic E-state index is 0.0871. The molecule has 15 heteroatoms. The summed E-state index contributed by atoms with van der Waals surface area (Å²) in [5.41, 5.74) is 7.68. The van der Waals surface area contributed by atoms with Crippen molar-refractivity contribution in [3.8, 4) is 5.75 Å². The number of carbonyl (C=O) groups is 3. The number of ether oxygens (including phenoxy) is 1. The molecule has 0 unspecified atom stereocenters.